The number of aromatic nitrogens is 3. The van der Waals surface area contributed by atoms with Crippen LogP contribution in [0.15, 0.2) is 11.2 Å². The van der Waals surface area contributed by atoms with Crippen molar-refractivity contribution in [1.82, 2.24) is 15.4 Å². The number of sulfone groups is 1. The molecule has 1 aromatic rings. The average Bonchev–Trinajstić information content (AvgIpc) is 2.29. The molecule has 74 valence electrons. The summed E-state index contributed by atoms with van der Waals surface area (Å²) in [5, 5.41) is 18.2. The molecule has 7 heteroatoms. The van der Waals surface area contributed by atoms with Gasteiger partial charge in [-0.3, -0.25) is 0 Å². The fourth-order valence-corrected chi connectivity index (χ4v) is 2.35. The summed E-state index contributed by atoms with van der Waals surface area (Å²) in [6, 6.07) is 0. The van der Waals surface area contributed by atoms with Crippen molar-refractivity contribution in [1.29, 1.82) is 0 Å². The van der Waals surface area contributed by atoms with Gasteiger partial charge in [0.2, 0.25) is 9.84 Å². The van der Waals surface area contributed by atoms with Crippen molar-refractivity contribution in [2.75, 3.05) is 5.75 Å². The molecule has 1 heterocycles. The third kappa shape index (κ3) is 2.78. The number of hydrogen-bond donors (Lipinski definition) is 2. The zero-order chi connectivity index (χ0) is 10.1. The largest absolute Gasteiger partial charge is 0.389 e. The van der Waals surface area contributed by atoms with Crippen LogP contribution in [-0.4, -0.2) is 40.3 Å². The quantitative estimate of drug-likeness (QED) is 0.683. The van der Waals surface area contributed by atoms with E-state index in [9.17, 15) is 13.5 Å². The van der Waals surface area contributed by atoms with Crippen molar-refractivity contribution < 1.29 is 13.5 Å². The van der Waals surface area contributed by atoms with Gasteiger partial charge in [0.15, 0.2) is 5.03 Å². The van der Waals surface area contributed by atoms with Crippen molar-refractivity contribution >= 4 is 9.84 Å². The van der Waals surface area contributed by atoms with E-state index in [1.54, 1.807) is 0 Å². The molecule has 0 saturated heterocycles. The zero-order valence-electron chi connectivity index (χ0n) is 7.35. The molecule has 0 fully saturated rings. The highest BCUT2D eigenvalue weighted by Crippen LogP contribution is 2.12. The van der Waals surface area contributed by atoms with Crippen LogP contribution in [0.4, 0.5) is 0 Å². The molecule has 0 aromatic carbocycles. The Morgan fingerprint density at radius 2 is 2.23 bits per heavy atom. The summed E-state index contributed by atoms with van der Waals surface area (Å²) >= 11 is 0. The van der Waals surface area contributed by atoms with Crippen molar-refractivity contribution in [3.8, 4) is 0 Å². The van der Waals surface area contributed by atoms with E-state index < -0.39 is 15.4 Å². The van der Waals surface area contributed by atoms with Crippen molar-refractivity contribution in [3.05, 3.63) is 6.20 Å². The molecule has 0 saturated carbocycles. The van der Waals surface area contributed by atoms with Crippen LogP contribution in [0.5, 0.6) is 0 Å². The molecule has 0 radical (unpaired) electrons. The van der Waals surface area contributed by atoms with Crippen molar-refractivity contribution in [2.24, 2.45) is 0 Å². The van der Waals surface area contributed by atoms with Crippen LogP contribution in [0.3, 0.4) is 0 Å². The highest BCUT2D eigenvalue weighted by molar-refractivity contribution is 7.91. The van der Waals surface area contributed by atoms with Crippen LogP contribution in [0.2, 0.25) is 0 Å². The summed E-state index contributed by atoms with van der Waals surface area (Å²) in [7, 11) is -3.53. The third-order valence-corrected chi connectivity index (χ3v) is 3.18. The van der Waals surface area contributed by atoms with Gasteiger partial charge in [0.05, 0.1) is 17.6 Å². The number of nitrogens with zero attached hydrogens (tertiary/aromatic N) is 2. The van der Waals surface area contributed by atoms with E-state index in [-0.39, 0.29) is 10.8 Å². The molecule has 1 aromatic heterocycles. The molecular formula is C6H11N3O3S. The van der Waals surface area contributed by atoms with E-state index >= 15 is 0 Å². The average molecular weight is 205 g/mol. The zero-order valence-corrected chi connectivity index (χ0v) is 8.17. The summed E-state index contributed by atoms with van der Waals surface area (Å²) in [5.74, 6) is -0.369. The number of aromatic amines is 1. The van der Waals surface area contributed by atoms with E-state index in [4.69, 9.17) is 0 Å². The summed E-state index contributed by atoms with van der Waals surface area (Å²) in [6.45, 7) is 2.84. The molecule has 13 heavy (non-hydrogen) atoms. The molecule has 6 nitrogen and oxygen atoms in total. The number of H-pyrrole nitrogens is 1. The Labute approximate surface area is 75.9 Å². The van der Waals surface area contributed by atoms with Gasteiger partial charge in [-0.2, -0.15) is 10.3 Å². The fraction of sp³-hybridized carbons (Fsp3) is 0.667. The third-order valence-electron chi connectivity index (χ3n) is 1.25. The minimum absolute atomic E-state index is 0.144. The lowest BCUT2D eigenvalue weighted by Gasteiger charge is -2.15. The van der Waals surface area contributed by atoms with E-state index in [1.807, 2.05) is 0 Å². The van der Waals surface area contributed by atoms with Crippen LogP contribution in [0, 0.1) is 0 Å². The van der Waals surface area contributed by atoms with Gasteiger partial charge in [-0.1, -0.05) is 0 Å². The monoisotopic (exact) mass is 205 g/mol. The molecule has 0 atom stereocenters. The molecule has 0 spiro atoms. The number of rotatable bonds is 3. The van der Waals surface area contributed by atoms with Gasteiger partial charge >= 0.3 is 0 Å². The summed E-state index contributed by atoms with van der Waals surface area (Å²) in [4.78, 5) is 0. The predicted molar refractivity (Wildman–Crippen MR) is 44.7 cm³/mol. The van der Waals surface area contributed by atoms with E-state index in [2.05, 4.69) is 15.4 Å². The summed E-state index contributed by atoms with van der Waals surface area (Å²) in [6.07, 6.45) is 1.11. The lowest BCUT2D eigenvalue weighted by Crippen LogP contribution is -2.30. The highest BCUT2D eigenvalue weighted by atomic mass is 32.2. The van der Waals surface area contributed by atoms with Gasteiger partial charge < -0.3 is 5.11 Å². The van der Waals surface area contributed by atoms with Crippen LogP contribution in [0.25, 0.3) is 0 Å². The van der Waals surface area contributed by atoms with E-state index in [0.717, 1.165) is 6.20 Å². The Morgan fingerprint density at radius 1 is 1.62 bits per heavy atom. The summed E-state index contributed by atoms with van der Waals surface area (Å²) < 4.78 is 22.9. The standard InChI is InChI=1S/C6H11N3O3S/c1-6(2,10)4-13(11,12)5-3-7-9-8-5/h3,10H,4H2,1-2H3,(H,7,8,9). The number of nitrogens with one attached hydrogen (secondary N) is 1. The van der Waals surface area contributed by atoms with Crippen LogP contribution in [-0.2, 0) is 9.84 Å². The SMILES string of the molecule is CC(C)(O)CS(=O)(=O)c1cn[nH]n1. The van der Waals surface area contributed by atoms with E-state index in [1.165, 1.54) is 13.8 Å². The van der Waals surface area contributed by atoms with Gasteiger partial charge in [-0.25, -0.2) is 8.42 Å². The Balaban J connectivity index is 2.93. The summed E-state index contributed by atoms with van der Waals surface area (Å²) in [5.41, 5.74) is -1.27. The predicted octanol–water partition coefficient (Wildman–Crippen LogP) is -0.651. The van der Waals surface area contributed by atoms with Crippen LogP contribution < -0.4 is 0 Å². The molecule has 0 aliphatic heterocycles. The first kappa shape index (κ1) is 10.1. The molecule has 2 N–H and O–H groups in total. The number of hydrogen-bond acceptors (Lipinski definition) is 5. The Hall–Kier alpha value is -0.950. The van der Waals surface area contributed by atoms with Gasteiger partial charge in [-0.15, -0.1) is 5.10 Å². The maximum atomic E-state index is 11.4. The van der Waals surface area contributed by atoms with Crippen LogP contribution >= 0.6 is 0 Å². The lowest BCUT2D eigenvalue weighted by atomic mass is 10.2. The lowest BCUT2D eigenvalue weighted by molar-refractivity contribution is 0.105. The first-order valence-electron chi connectivity index (χ1n) is 3.62. The van der Waals surface area contributed by atoms with Gasteiger partial charge in [0, 0.05) is 0 Å². The second-order valence-corrected chi connectivity index (χ2v) is 5.32. The Bertz CT molecular complexity index is 362. The molecular weight excluding hydrogens is 194 g/mol. The molecule has 1 rings (SSSR count). The minimum Gasteiger partial charge on any atom is -0.389 e. The van der Waals surface area contributed by atoms with Gasteiger partial charge in [-0.05, 0) is 13.8 Å². The molecule has 0 bridgehead atoms. The highest BCUT2D eigenvalue weighted by Gasteiger charge is 2.26. The minimum atomic E-state index is -3.53. The first-order valence-corrected chi connectivity index (χ1v) is 5.27. The molecule has 0 amide bonds. The molecule has 0 unspecified atom stereocenters. The Kier molecular flexibility index (Phi) is 2.40. The first-order chi connectivity index (χ1) is 5.81. The second-order valence-electron chi connectivity index (χ2n) is 3.38. The maximum Gasteiger partial charge on any atom is 0.201 e. The normalized spacial score (nSPS) is 13.2. The topological polar surface area (TPSA) is 95.9 Å². The number of aliphatic hydroxyl groups is 1. The molecule has 0 aliphatic rings. The molecule has 0 aliphatic carbocycles. The fourth-order valence-electron chi connectivity index (χ4n) is 0.880. The van der Waals surface area contributed by atoms with Crippen molar-refractivity contribution in [3.63, 3.8) is 0 Å². The van der Waals surface area contributed by atoms with Crippen molar-refractivity contribution in [2.45, 2.75) is 24.5 Å². The van der Waals surface area contributed by atoms with Gasteiger partial charge in [0.1, 0.15) is 0 Å². The van der Waals surface area contributed by atoms with Gasteiger partial charge in [0.25, 0.3) is 0 Å². The van der Waals surface area contributed by atoms with E-state index in [0.29, 0.717) is 0 Å². The second kappa shape index (κ2) is 3.08. The van der Waals surface area contributed by atoms with Crippen LogP contribution in [0.1, 0.15) is 13.8 Å². The Morgan fingerprint density at radius 3 is 2.62 bits per heavy atom. The maximum absolute atomic E-state index is 11.4. The smallest absolute Gasteiger partial charge is 0.201 e.